The Morgan fingerprint density at radius 3 is 3.08 bits per heavy atom. The van der Waals surface area contributed by atoms with E-state index in [2.05, 4.69) is 9.97 Å². The number of hydrogen-bond acceptors (Lipinski definition) is 2. The maximum Gasteiger partial charge on any atom is 0.222 e. The minimum absolute atomic E-state index is 0.347. The van der Waals surface area contributed by atoms with E-state index in [9.17, 15) is 9.18 Å². The van der Waals surface area contributed by atoms with Crippen LogP contribution >= 0.6 is 0 Å². The number of carbonyl (C=O) groups is 1. The molecular weight excluding hydrogens is 159 g/mol. The van der Waals surface area contributed by atoms with Crippen molar-refractivity contribution in [3.8, 4) is 0 Å². The summed E-state index contributed by atoms with van der Waals surface area (Å²) in [4.78, 5) is 16.5. The molecule has 0 atom stereocenters. The van der Waals surface area contributed by atoms with Gasteiger partial charge in [-0.25, -0.2) is 4.98 Å². The highest BCUT2D eigenvalue weighted by Crippen LogP contribution is 2.15. The second kappa shape index (κ2) is 2.41. The molecule has 0 fully saturated rings. The number of carbonyl (C=O) groups excluding carboxylic acids is 1. The summed E-state index contributed by atoms with van der Waals surface area (Å²) in [5, 5.41) is 0.347. The number of hydrogen-bond donors (Lipinski definition) is 1. The van der Waals surface area contributed by atoms with Gasteiger partial charge in [0.1, 0.15) is 0 Å². The third-order valence-electron chi connectivity index (χ3n) is 1.65. The summed E-state index contributed by atoms with van der Waals surface area (Å²) >= 11 is 0. The molecule has 60 valence electrons. The molecule has 0 aliphatic carbocycles. The van der Waals surface area contributed by atoms with Crippen molar-refractivity contribution >= 4 is 17.2 Å². The van der Waals surface area contributed by atoms with Crippen LogP contribution in [-0.2, 0) is 0 Å². The van der Waals surface area contributed by atoms with Gasteiger partial charge in [-0.2, -0.15) is 4.39 Å². The topological polar surface area (TPSA) is 45.8 Å². The van der Waals surface area contributed by atoms with Crippen molar-refractivity contribution in [1.82, 2.24) is 9.97 Å². The van der Waals surface area contributed by atoms with Crippen LogP contribution in [-0.4, -0.2) is 16.3 Å². The molecule has 1 N–H and O–H groups in total. The second-order valence-electron chi connectivity index (χ2n) is 2.41. The Hall–Kier alpha value is -1.71. The van der Waals surface area contributed by atoms with Gasteiger partial charge in [-0.05, 0) is 12.1 Å². The fourth-order valence-corrected chi connectivity index (χ4v) is 1.10. The molecule has 2 aromatic rings. The van der Waals surface area contributed by atoms with Gasteiger partial charge < -0.3 is 4.98 Å². The number of aromatic amines is 1. The van der Waals surface area contributed by atoms with Gasteiger partial charge in [0.05, 0.1) is 16.6 Å². The van der Waals surface area contributed by atoms with E-state index in [-0.39, 0.29) is 0 Å². The molecule has 0 saturated carbocycles. The zero-order chi connectivity index (χ0) is 8.55. The van der Waals surface area contributed by atoms with Crippen molar-refractivity contribution in [2.45, 2.75) is 0 Å². The van der Waals surface area contributed by atoms with Crippen molar-refractivity contribution in [3.63, 3.8) is 0 Å². The van der Waals surface area contributed by atoms with Crippen molar-refractivity contribution < 1.29 is 9.18 Å². The van der Waals surface area contributed by atoms with Gasteiger partial charge in [0.25, 0.3) is 0 Å². The van der Waals surface area contributed by atoms with Crippen LogP contribution in [0.2, 0.25) is 0 Å². The lowest BCUT2D eigenvalue weighted by Crippen LogP contribution is -1.79. The van der Waals surface area contributed by atoms with Crippen molar-refractivity contribution in [2.24, 2.45) is 0 Å². The predicted molar refractivity (Wildman–Crippen MR) is 41.4 cm³/mol. The van der Waals surface area contributed by atoms with Gasteiger partial charge in [-0.15, -0.1) is 0 Å². The molecule has 0 amide bonds. The summed E-state index contributed by atoms with van der Waals surface area (Å²) in [5.74, 6) is -0.558. The molecule has 12 heavy (non-hydrogen) atoms. The summed E-state index contributed by atoms with van der Waals surface area (Å²) in [6.07, 6.45) is 1.99. The molecule has 2 rings (SSSR count). The van der Waals surface area contributed by atoms with Gasteiger partial charge in [0, 0.05) is 6.20 Å². The number of nitrogens with one attached hydrogen (secondary N) is 1. The zero-order valence-electron chi connectivity index (χ0n) is 6.04. The van der Waals surface area contributed by atoms with E-state index in [0.717, 1.165) is 0 Å². The van der Waals surface area contributed by atoms with Crippen LogP contribution in [0.5, 0.6) is 0 Å². The van der Waals surface area contributed by atoms with Crippen LogP contribution in [0.3, 0.4) is 0 Å². The summed E-state index contributed by atoms with van der Waals surface area (Å²) < 4.78 is 12.9. The highest BCUT2D eigenvalue weighted by atomic mass is 19.1. The number of aldehydes is 1. The molecule has 0 aromatic carbocycles. The first-order valence-corrected chi connectivity index (χ1v) is 3.39. The number of fused-ring (bicyclic) bond motifs is 1. The maximum atomic E-state index is 12.9. The van der Waals surface area contributed by atoms with Crippen LogP contribution in [0.1, 0.15) is 10.5 Å². The van der Waals surface area contributed by atoms with Crippen LogP contribution in [0.25, 0.3) is 10.9 Å². The molecular formula is C8H5FN2O. The van der Waals surface area contributed by atoms with E-state index in [1.54, 1.807) is 6.07 Å². The summed E-state index contributed by atoms with van der Waals surface area (Å²) in [5.41, 5.74) is 0.946. The van der Waals surface area contributed by atoms with Crippen LogP contribution in [0.4, 0.5) is 4.39 Å². The second-order valence-corrected chi connectivity index (χ2v) is 2.41. The number of nitrogens with zero attached hydrogens (tertiary/aromatic N) is 1. The molecule has 0 unspecified atom stereocenters. The largest absolute Gasteiger partial charge is 0.352 e. The Labute approximate surface area is 67.2 Å². The van der Waals surface area contributed by atoms with Crippen LogP contribution in [0, 0.1) is 5.95 Å². The Balaban J connectivity index is 2.82. The first-order valence-electron chi connectivity index (χ1n) is 3.39. The average Bonchev–Trinajstić information content (AvgIpc) is 2.49. The molecule has 0 aliphatic heterocycles. The van der Waals surface area contributed by atoms with Crippen molar-refractivity contribution in [1.29, 1.82) is 0 Å². The van der Waals surface area contributed by atoms with E-state index in [1.807, 2.05) is 0 Å². The average molecular weight is 164 g/mol. The monoisotopic (exact) mass is 164 g/mol. The van der Waals surface area contributed by atoms with E-state index < -0.39 is 5.95 Å². The number of halogens is 1. The number of H-pyrrole nitrogens is 1. The SMILES string of the molecule is O=Cc1cc2c(F)nccc2[nH]1. The van der Waals surface area contributed by atoms with Gasteiger partial charge in [0.2, 0.25) is 5.95 Å². The molecule has 0 bridgehead atoms. The van der Waals surface area contributed by atoms with E-state index in [1.165, 1.54) is 12.3 Å². The molecule has 0 aliphatic rings. The van der Waals surface area contributed by atoms with Gasteiger partial charge in [0.15, 0.2) is 6.29 Å². The normalized spacial score (nSPS) is 10.4. The number of rotatable bonds is 1. The summed E-state index contributed by atoms with van der Waals surface area (Å²) in [6, 6.07) is 3.05. The number of aromatic nitrogens is 2. The van der Waals surface area contributed by atoms with Crippen LogP contribution < -0.4 is 0 Å². The molecule has 2 heterocycles. The molecule has 2 aromatic heterocycles. The third-order valence-corrected chi connectivity index (χ3v) is 1.65. The molecule has 4 heteroatoms. The predicted octanol–water partition coefficient (Wildman–Crippen LogP) is 1.51. The zero-order valence-corrected chi connectivity index (χ0v) is 6.04. The van der Waals surface area contributed by atoms with E-state index in [0.29, 0.717) is 22.9 Å². The Morgan fingerprint density at radius 2 is 2.42 bits per heavy atom. The van der Waals surface area contributed by atoms with E-state index in [4.69, 9.17) is 0 Å². The van der Waals surface area contributed by atoms with E-state index >= 15 is 0 Å². The number of pyridine rings is 1. The quantitative estimate of drug-likeness (QED) is 0.513. The van der Waals surface area contributed by atoms with Crippen molar-refractivity contribution in [2.75, 3.05) is 0 Å². The first-order chi connectivity index (χ1) is 5.81. The fraction of sp³-hybridized carbons (Fsp3) is 0. The van der Waals surface area contributed by atoms with Crippen molar-refractivity contribution in [3.05, 3.63) is 30.0 Å². The third kappa shape index (κ3) is 0.887. The minimum atomic E-state index is -0.558. The minimum Gasteiger partial charge on any atom is -0.352 e. The lowest BCUT2D eigenvalue weighted by Gasteiger charge is -1.87. The lowest BCUT2D eigenvalue weighted by molar-refractivity contribution is 0.112. The Bertz CT molecular complexity index is 436. The van der Waals surface area contributed by atoms with Gasteiger partial charge in [-0.1, -0.05) is 0 Å². The molecule has 0 spiro atoms. The highest BCUT2D eigenvalue weighted by Gasteiger charge is 2.04. The first kappa shape index (κ1) is 6.97. The lowest BCUT2D eigenvalue weighted by atomic mass is 10.3. The van der Waals surface area contributed by atoms with Gasteiger partial charge in [-0.3, -0.25) is 4.79 Å². The molecule has 0 saturated heterocycles. The Kier molecular flexibility index (Phi) is 1.40. The summed E-state index contributed by atoms with van der Waals surface area (Å²) in [6.45, 7) is 0. The highest BCUT2D eigenvalue weighted by molar-refractivity contribution is 5.87. The standard InChI is InChI=1S/C8H5FN2O/c9-8-6-3-5(4-12)11-7(6)1-2-10-8/h1-4,11H. The van der Waals surface area contributed by atoms with Gasteiger partial charge >= 0.3 is 0 Å². The smallest absolute Gasteiger partial charge is 0.222 e. The maximum absolute atomic E-state index is 12.9. The fourth-order valence-electron chi connectivity index (χ4n) is 1.10. The summed E-state index contributed by atoms with van der Waals surface area (Å²) in [7, 11) is 0. The molecule has 0 radical (unpaired) electrons. The molecule has 3 nitrogen and oxygen atoms in total. The van der Waals surface area contributed by atoms with Crippen LogP contribution in [0.15, 0.2) is 18.3 Å². The Morgan fingerprint density at radius 1 is 1.58 bits per heavy atom.